The maximum atomic E-state index is 13.9. The Kier molecular flexibility index (Phi) is 5.48. The van der Waals surface area contributed by atoms with E-state index < -0.39 is 64.0 Å². The molecular weight excluding hydrogens is 522 g/mol. The number of allylic oxidation sites excluding steroid dienone is 1. The first-order valence-corrected chi connectivity index (χ1v) is 13.1. The number of aliphatic hydroxyl groups excluding tert-OH is 2. The van der Waals surface area contributed by atoms with Crippen LogP contribution in [-0.2, 0) is 9.59 Å². The summed E-state index contributed by atoms with van der Waals surface area (Å²) in [5, 5.41) is 45.8. The maximum Gasteiger partial charge on any atom is 0.255 e. The van der Waals surface area contributed by atoms with Crippen molar-refractivity contribution in [3.63, 3.8) is 0 Å². The Balaban J connectivity index is 1.65. The van der Waals surface area contributed by atoms with E-state index in [0.29, 0.717) is 10.6 Å². The number of Topliss-reactive ketones (excluding diaryl/α,β-unsaturated/α-hetero) is 2. The topological polar surface area (TPSA) is 174 Å². The molecule has 1 heterocycles. The van der Waals surface area contributed by atoms with E-state index in [1.54, 1.807) is 26.2 Å². The van der Waals surface area contributed by atoms with E-state index in [1.807, 2.05) is 24.3 Å². The van der Waals surface area contributed by atoms with E-state index in [2.05, 4.69) is 0 Å². The molecule has 11 heteroatoms. The SMILES string of the molecule is CN(C)[C@@H]1C(O)=C(C(N)=O)C(=O)[C@@]2(O)C(O)=C3C(=O)c4c(O)cccc4[C@H](c4nc5ccccc5s4)[C@H]3C[C@@H]12. The summed E-state index contributed by atoms with van der Waals surface area (Å²) >= 11 is 1.40. The third-order valence-electron chi connectivity index (χ3n) is 8.19. The fourth-order valence-electron chi connectivity index (χ4n) is 6.56. The highest BCUT2D eigenvalue weighted by Gasteiger charge is 2.64. The lowest BCUT2D eigenvalue weighted by Crippen LogP contribution is -2.64. The molecule has 5 atom stereocenters. The van der Waals surface area contributed by atoms with Crippen LogP contribution in [0.25, 0.3) is 10.2 Å². The molecule has 2 aromatic carbocycles. The van der Waals surface area contributed by atoms with E-state index in [0.717, 1.165) is 10.2 Å². The van der Waals surface area contributed by atoms with Gasteiger partial charge in [-0.3, -0.25) is 19.3 Å². The third kappa shape index (κ3) is 3.27. The summed E-state index contributed by atoms with van der Waals surface area (Å²) in [6.45, 7) is 0. The molecule has 1 amide bonds. The summed E-state index contributed by atoms with van der Waals surface area (Å²) in [5.41, 5.74) is 2.83. The number of thiazole rings is 1. The van der Waals surface area contributed by atoms with Crippen molar-refractivity contribution in [1.82, 2.24) is 9.88 Å². The number of rotatable bonds is 3. The molecule has 3 aliphatic carbocycles. The summed E-state index contributed by atoms with van der Waals surface area (Å²) in [6.07, 6.45) is -0.0258. The second-order valence-corrected chi connectivity index (χ2v) is 11.5. The number of amides is 1. The minimum atomic E-state index is -2.70. The predicted octanol–water partition coefficient (Wildman–Crippen LogP) is 2.32. The number of aromatic hydroxyl groups is 1. The Labute approximate surface area is 226 Å². The number of aliphatic hydroxyl groups is 3. The molecule has 0 spiro atoms. The van der Waals surface area contributed by atoms with Gasteiger partial charge in [0.15, 0.2) is 11.4 Å². The molecule has 0 unspecified atom stereocenters. The first-order valence-electron chi connectivity index (χ1n) is 12.3. The number of hydrogen-bond donors (Lipinski definition) is 5. The first-order chi connectivity index (χ1) is 18.5. The number of ketones is 2. The summed E-state index contributed by atoms with van der Waals surface area (Å²) in [5.74, 6) is -7.61. The number of carbonyl (C=O) groups is 3. The van der Waals surface area contributed by atoms with Crippen molar-refractivity contribution < 1.29 is 34.8 Å². The summed E-state index contributed by atoms with van der Waals surface area (Å²) < 4.78 is 0.902. The molecule has 0 radical (unpaired) electrons. The highest BCUT2D eigenvalue weighted by Crippen LogP contribution is 2.57. The maximum absolute atomic E-state index is 13.9. The molecule has 0 fully saturated rings. The fourth-order valence-corrected chi connectivity index (χ4v) is 7.71. The molecule has 6 rings (SSSR count). The zero-order valence-corrected chi connectivity index (χ0v) is 21.8. The number of carbonyl (C=O) groups excluding carboxylic acids is 3. The van der Waals surface area contributed by atoms with Crippen LogP contribution in [0.4, 0.5) is 0 Å². The van der Waals surface area contributed by atoms with E-state index in [4.69, 9.17) is 10.7 Å². The highest BCUT2D eigenvalue weighted by molar-refractivity contribution is 7.18. The van der Waals surface area contributed by atoms with Gasteiger partial charge in [0.25, 0.3) is 5.91 Å². The van der Waals surface area contributed by atoms with E-state index in [1.165, 1.54) is 22.3 Å². The molecular formula is C28H25N3O7S. The van der Waals surface area contributed by atoms with Gasteiger partial charge in [-0.15, -0.1) is 11.3 Å². The van der Waals surface area contributed by atoms with Gasteiger partial charge in [-0.2, -0.15) is 0 Å². The molecule has 0 saturated carbocycles. The van der Waals surface area contributed by atoms with Crippen molar-refractivity contribution in [2.75, 3.05) is 14.1 Å². The number of aromatic nitrogens is 1. The standard InChI is InChI=1S/C28H25N3O7S/c1-31(2)21-13-10-12-17(27-30-14-7-3-4-9-16(14)39-27)11-6-5-8-15(32)18(11)22(33)19(12)24(35)28(13,38)25(36)20(23(21)34)26(29)37/h3-9,12-13,17,21,32,34-35,38H,10H2,1-2H3,(H2,29,37)/t12-,13+,17+,21+,28+/m1/s1. The minimum absolute atomic E-state index is 0.0258. The molecule has 200 valence electrons. The first kappa shape index (κ1) is 25.2. The number of nitrogens with two attached hydrogens (primary N) is 1. The minimum Gasteiger partial charge on any atom is -0.510 e. The molecule has 6 N–H and O–H groups in total. The van der Waals surface area contributed by atoms with Crippen LogP contribution in [0, 0.1) is 11.8 Å². The summed E-state index contributed by atoms with van der Waals surface area (Å²) in [4.78, 5) is 45.9. The number of primary amides is 1. The Morgan fingerprint density at radius 3 is 2.49 bits per heavy atom. The normalized spacial score (nSPS) is 28.5. The summed E-state index contributed by atoms with van der Waals surface area (Å²) in [7, 11) is 3.19. The van der Waals surface area contributed by atoms with Crippen molar-refractivity contribution in [1.29, 1.82) is 0 Å². The number of fused-ring (bicyclic) bond motifs is 4. The largest absolute Gasteiger partial charge is 0.510 e. The molecule has 3 aromatic rings. The van der Waals surface area contributed by atoms with Crippen LogP contribution in [0.3, 0.4) is 0 Å². The lowest BCUT2D eigenvalue weighted by Gasteiger charge is -2.51. The fraction of sp³-hybridized carbons (Fsp3) is 0.286. The average Bonchev–Trinajstić information content (AvgIpc) is 3.29. The number of para-hydroxylation sites is 1. The van der Waals surface area contributed by atoms with Crippen LogP contribution in [0.5, 0.6) is 5.75 Å². The number of hydrogen-bond acceptors (Lipinski definition) is 10. The van der Waals surface area contributed by atoms with Gasteiger partial charge in [-0.1, -0.05) is 24.3 Å². The molecule has 3 aliphatic rings. The van der Waals surface area contributed by atoms with Gasteiger partial charge in [-0.25, -0.2) is 4.98 Å². The van der Waals surface area contributed by atoms with Crippen molar-refractivity contribution in [3.05, 3.63) is 81.3 Å². The second-order valence-electron chi connectivity index (χ2n) is 10.4. The van der Waals surface area contributed by atoms with Crippen LogP contribution in [0.1, 0.15) is 33.3 Å². The Morgan fingerprint density at radius 2 is 1.82 bits per heavy atom. The van der Waals surface area contributed by atoms with Crippen LogP contribution >= 0.6 is 11.3 Å². The zero-order valence-electron chi connectivity index (χ0n) is 21.0. The summed E-state index contributed by atoms with van der Waals surface area (Å²) in [6, 6.07) is 11.1. The van der Waals surface area contributed by atoms with E-state index in [-0.39, 0.29) is 23.3 Å². The zero-order chi connectivity index (χ0) is 28.0. The van der Waals surface area contributed by atoms with Crippen molar-refractivity contribution in [2.24, 2.45) is 17.6 Å². The monoisotopic (exact) mass is 547 g/mol. The number of nitrogens with zero attached hydrogens (tertiary/aromatic N) is 2. The van der Waals surface area contributed by atoms with Gasteiger partial charge < -0.3 is 26.2 Å². The second kappa shape index (κ2) is 8.47. The van der Waals surface area contributed by atoms with Gasteiger partial charge in [0.05, 0.1) is 21.8 Å². The van der Waals surface area contributed by atoms with Crippen LogP contribution < -0.4 is 5.73 Å². The van der Waals surface area contributed by atoms with Gasteiger partial charge in [0.1, 0.15) is 27.8 Å². The quantitative estimate of drug-likeness (QED) is 0.308. The molecule has 1 aromatic heterocycles. The van der Waals surface area contributed by atoms with Gasteiger partial charge in [0, 0.05) is 23.3 Å². The number of likely N-dealkylation sites (N-methyl/N-ethyl adjacent to an activating group) is 1. The van der Waals surface area contributed by atoms with Gasteiger partial charge >= 0.3 is 0 Å². The molecule has 0 aliphatic heterocycles. The van der Waals surface area contributed by atoms with Gasteiger partial charge in [0.2, 0.25) is 5.78 Å². The van der Waals surface area contributed by atoms with Gasteiger partial charge in [-0.05, 0) is 44.3 Å². The van der Waals surface area contributed by atoms with Crippen LogP contribution in [0.2, 0.25) is 0 Å². The predicted molar refractivity (Wildman–Crippen MR) is 141 cm³/mol. The smallest absolute Gasteiger partial charge is 0.255 e. The third-order valence-corrected chi connectivity index (χ3v) is 9.30. The lowest BCUT2D eigenvalue weighted by molar-refractivity contribution is -0.148. The number of benzene rings is 2. The molecule has 0 bridgehead atoms. The Bertz CT molecular complexity index is 1640. The Morgan fingerprint density at radius 1 is 1.10 bits per heavy atom. The molecule has 39 heavy (non-hydrogen) atoms. The Hall–Kier alpha value is -4.06. The van der Waals surface area contributed by atoms with Crippen molar-refractivity contribution in [2.45, 2.75) is 24.0 Å². The lowest BCUT2D eigenvalue weighted by atomic mass is 9.56. The highest BCUT2D eigenvalue weighted by atomic mass is 32.1. The van der Waals surface area contributed by atoms with Crippen molar-refractivity contribution >= 4 is 39.0 Å². The number of phenols is 1. The van der Waals surface area contributed by atoms with Crippen LogP contribution in [-0.4, -0.2) is 73.5 Å². The van der Waals surface area contributed by atoms with E-state index >= 15 is 0 Å². The molecule has 10 nitrogen and oxygen atoms in total. The molecule has 0 saturated heterocycles. The average molecular weight is 548 g/mol. The van der Waals surface area contributed by atoms with Crippen LogP contribution in [0.15, 0.2) is 65.1 Å². The van der Waals surface area contributed by atoms with Crippen molar-refractivity contribution in [3.8, 4) is 5.75 Å². The van der Waals surface area contributed by atoms with E-state index in [9.17, 15) is 34.8 Å². The number of phenolic OH excluding ortho intramolecular Hbond substituents is 1.